The van der Waals surface area contributed by atoms with E-state index in [1.54, 1.807) is 17.0 Å². The molecule has 0 saturated heterocycles. The summed E-state index contributed by atoms with van der Waals surface area (Å²) in [5.74, 6) is 5.16. The summed E-state index contributed by atoms with van der Waals surface area (Å²) < 4.78 is 0. The molecule has 2 heterocycles. The number of aromatic nitrogens is 2. The average molecular weight is 285 g/mol. The van der Waals surface area contributed by atoms with Crippen LogP contribution in [0.25, 0.3) is 0 Å². The van der Waals surface area contributed by atoms with Crippen molar-refractivity contribution in [3.05, 3.63) is 53.6 Å². The van der Waals surface area contributed by atoms with E-state index in [9.17, 15) is 4.79 Å². The summed E-state index contributed by atoms with van der Waals surface area (Å²) in [5, 5.41) is 0. The van der Waals surface area contributed by atoms with E-state index in [0.29, 0.717) is 24.5 Å². The minimum Gasteiger partial charge on any atom is -0.332 e. The van der Waals surface area contributed by atoms with Crippen LogP contribution in [0.5, 0.6) is 0 Å². The summed E-state index contributed by atoms with van der Waals surface area (Å²) in [6, 6.07) is 9.16. The van der Waals surface area contributed by atoms with Crippen molar-refractivity contribution in [1.82, 2.24) is 14.9 Å². The minimum atomic E-state index is -0.121. The van der Waals surface area contributed by atoms with Crippen molar-refractivity contribution in [3.63, 3.8) is 0 Å². The molecule has 0 aromatic carbocycles. The number of rotatable bonds is 5. The van der Waals surface area contributed by atoms with Gasteiger partial charge in [-0.25, -0.2) is 4.98 Å². The van der Waals surface area contributed by atoms with Gasteiger partial charge in [-0.1, -0.05) is 6.07 Å². The molecule has 110 valence electrons. The van der Waals surface area contributed by atoms with E-state index in [0.717, 1.165) is 11.4 Å². The molecule has 0 spiro atoms. The normalized spacial score (nSPS) is 10.2. The van der Waals surface area contributed by atoms with Gasteiger partial charge in [0.2, 0.25) is 0 Å². The molecular weight excluding hydrogens is 266 g/mol. The van der Waals surface area contributed by atoms with Crippen molar-refractivity contribution in [2.24, 2.45) is 5.84 Å². The van der Waals surface area contributed by atoms with Crippen molar-refractivity contribution in [1.29, 1.82) is 0 Å². The Bertz CT molecular complexity index is 612. The highest BCUT2D eigenvalue weighted by atomic mass is 16.2. The zero-order valence-corrected chi connectivity index (χ0v) is 12.2. The lowest BCUT2D eigenvalue weighted by Gasteiger charge is -2.20. The Morgan fingerprint density at radius 1 is 1.33 bits per heavy atom. The van der Waals surface area contributed by atoms with Gasteiger partial charge in [0, 0.05) is 12.2 Å². The molecule has 6 nitrogen and oxygen atoms in total. The van der Waals surface area contributed by atoms with Gasteiger partial charge in [0.25, 0.3) is 5.91 Å². The van der Waals surface area contributed by atoms with Gasteiger partial charge in [0.15, 0.2) is 0 Å². The van der Waals surface area contributed by atoms with Gasteiger partial charge in [-0.05, 0) is 38.1 Å². The number of nitrogens with zero attached hydrogens (tertiary/aromatic N) is 3. The van der Waals surface area contributed by atoms with E-state index in [-0.39, 0.29) is 5.91 Å². The number of hydrogen-bond donors (Lipinski definition) is 2. The van der Waals surface area contributed by atoms with Crippen LogP contribution >= 0.6 is 0 Å². The first kappa shape index (κ1) is 14.9. The lowest BCUT2D eigenvalue weighted by atomic mass is 10.2. The first-order chi connectivity index (χ1) is 10.1. The third-order valence-corrected chi connectivity index (χ3v) is 3.12. The summed E-state index contributed by atoms with van der Waals surface area (Å²) in [5.41, 5.74) is 5.34. The molecule has 0 radical (unpaired) electrons. The van der Waals surface area contributed by atoms with Crippen molar-refractivity contribution in [2.45, 2.75) is 20.4 Å². The summed E-state index contributed by atoms with van der Waals surface area (Å²) in [7, 11) is 0. The second kappa shape index (κ2) is 6.81. The van der Waals surface area contributed by atoms with E-state index in [2.05, 4.69) is 15.4 Å². The summed E-state index contributed by atoms with van der Waals surface area (Å²) in [4.78, 5) is 22.7. The van der Waals surface area contributed by atoms with Crippen LogP contribution in [0, 0.1) is 6.92 Å². The molecular formula is C15H19N5O. The van der Waals surface area contributed by atoms with Crippen LogP contribution in [0.4, 0.5) is 5.69 Å². The Labute approximate surface area is 124 Å². The Kier molecular flexibility index (Phi) is 4.84. The first-order valence-corrected chi connectivity index (χ1v) is 6.78. The number of carbonyl (C=O) groups is 1. The van der Waals surface area contributed by atoms with E-state index in [1.165, 1.54) is 6.20 Å². The van der Waals surface area contributed by atoms with Crippen molar-refractivity contribution < 1.29 is 4.79 Å². The molecule has 0 bridgehead atoms. The maximum absolute atomic E-state index is 12.4. The highest BCUT2D eigenvalue weighted by Crippen LogP contribution is 2.10. The first-order valence-electron chi connectivity index (χ1n) is 6.78. The van der Waals surface area contributed by atoms with Crippen LogP contribution < -0.4 is 11.3 Å². The fraction of sp³-hybridized carbons (Fsp3) is 0.267. The van der Waals surface area contributed by atoms with Gasteiger partial charge in [-0.15, -0.1) is 0 Å². The fourth-order valence-electron chi connectivity index (χ4n) is 1.98. The lowest BCUT2D eigenvalue weighted by molar-refractivity contribution is 0.0744. The standard InChI is InChI=1S/C15H19N5O/c1-3-20(10-13-6-4-5-11(2)18-13)15(21)14-8-7-12(19-16)9-17-14/h4-9,19H,3,10,16H2,1-2H3. The number of nitrogens with one attached hydrogen (secondary N) is 1. The van der Waals surface area contributed by atoms with Crippen LogP contribution in [0.3, 0.4) is 0 Å². The molecule has 0 aliphatic carbocycles. The van der Waals surface area contributed by atoms with Crippen LogP contribution in [0.15, 0.2) is 36.5 Å². The van der Waals surface area contributed by atoms with Crippen LogP contribution in [0.2, 0.25) is 0 Å². The van der Waals surface area contributed by atoms with Gasteiger partial charge in [0.05, 0.1) is 24.1 Å². The van der Waals surface area contributed by atoms with Crippen LogP contribution in [0.1, 0.15) is 28.8 Å². The molecule has 2 aromatic heterocycles. The predicted octanol–water partition coefficient (Wildman–Crippen LogP) is 1.73. The third-order valence-electron chi connectivity index (χ3n) is 3.12. The highest BCUT2D eigenvalue weighted by Gasteiger charge is 2.16. The van der Waals surface area contributed by atoms with Crippen molar-refractivity contribution >= 4 is 11.6 Å². The van der Waals surface area contributed by atoms with Gasteiger partial charge < -0.3 is 10.3 Å². The summed E-state index contributed by atoms with van der Waals surface area (Å²) in [6.45, 7) is 4.92. The third kappa shape index (κ3) is 3.76. The lowest BCUT2D eigenvalue weighted by Crippen LogP contribution is -2.31. The number of nitrogens with two attached hydrogens (primary N) is 1. The minimum absolute atomic E-state index is 0.121. The van der Waals surface area contributed by atoms with Crippen LogP contribution in [-0.4, -0.2) is 27.3 Å². The highest BCUT2D eigenvalue weighted by molar-refractivity contribution is 5.92. The maximum Gasteiger partial charge on any atom is 0.272 e. The summed E-state index contributed by atoms with van der Waals surface area (Å²) in [6.07, 6.45) is 1.53. The number of hydrogen-bond acceptors (Lipinski definition) is 5. The molecule has 0 fully saturated rings. The monoisotopic (exact) mass is 285 g/mol. The number of anilines is 1. The molecule has 6 heteroatoms. The molecule has 21 heavy (non-hydrogen) atoms. The molecule has 0 aliphatic heterocycles. The average Bonchev–Trinajstić information content (AvgIpc) is 2.52. The number of hydrazine groups is 1. The number of nitrogen functional groups attached to an aromatic ring is 1. The molecule has 0 atom stereocenters. The maximum atomic E-state index is 12.4. The SMILES string of the molecule is CCN(Cc1cccc(C)n1)C(=O)c1ccc(NN)cn1. The molecule has 3 N–H and O–H groups in total. The summed E-state index contributed by atoms with van der Waals surface area (Å²) >= 11 is 0. The Morgan fingerprint density at radius 2 is 2.14 bits per heavy atom. The second-order valence-electron chi connectivity index (χ2n) is 4.67. The molecule has 2 aromatic rings. The fourth-order valence-corrected chi connectivity index (χ4v) is 1.98. The number of aryl methyl sites for hydroxylation is 1. The van der Waals surface area contributed by atoms with E-state index in [4.69, 9.17) is 5.84 Å². The molecule has 0 saturated carbocycles. The van der Waals surface area contributed by atoms with Crippen molar-refractivity contribution in [3.8, 4) is 0 Å². The zero-order valence-electron chi connectivity index (χ0n) is 12.2. The Hall–Kier alpha value is -2.47. The molecule has 0 unspecified atom stereocenters. The smallest absolute Gasteiger partial charge is 0.272 e. The van der Waals surface area contributed by atoms with E-state index in [1.807, 2.05) is 32.0 Å². The Morgan fingerprint density at radius 3 is 2.71 bits per heavy atom. The molecule has 0 aliphatic rings. The molecule has 2 rings (SSSR count). The zero-order chi connectivity index (χ0) is 15.2. The van der Waals surface area contributed by atoms with E-state index < -0.39 is 0 Å². The Balaban J connectivity index is 2.14. The van der Waals surface area contributed by atoms with Gasteiger partial charge >= 0.3 is 0 Å². The number of amides is 1. The topological polar surface area (TPSA) is 84.1 Å². The van der Waals surface area contributed by atoms with Gasteiger partial charge in [-0.2, -0.15) is 0 Å². The van der Waals surface area contributed by atoms with E-state index >= 15 is 0 Å². The van der Waals surface area contributed by atoms with Crippen LogP contribution in [-0.2, 0) is 6.54 Å². The van der Waals surface area contributed by atoms with Gasteiger partial charge in [-0.3, -0.25) is 15.6 Å². The quantitative estimate of drug-likeness (QED) is 0.645. The molecule has 1 amide bonds. The largest absolute Gasteiger partial charge is 0.332 e. The predicted molar refractivity (Wildman–Crippen MR) is 81.4 cm³/mol. The van der Waals surface area contributed by atoms with Gasteiger partial charge in [0.1, 0.15) is 5.69 Å². The van der Waals surface area contributed by atoms with Crippen molar-refractivity contribution in [2.75, 3.05) is 12.0 Å². The number of pyridine rings is 2. The number of carbonyl (C=O) groups excluding carboxylic acids is 1. The second-order valence-corrected chi connectivity index (χ2v) is 4.67.